The van der Waals surface area contributed by atoms with Crippen molar-refractivity contribution in [1.82, 2.24) is 14.5 Å². The molecule has 3 heteroatoms. The zero-order valence-electron chi connectivity index (χ0n) is 15.3. The zero-order valence-corrected chi connectivity index (χ0v) is 15.3. The van der Waals surface area contributed by atoms with Gasteiger partial charge in [-0.3, -0.25) is 4.98 Å². The zero-order chi connectivity index (χ0) is 17.9. The van der Waals surface area contributed by atoms with Crippen LogP contribution in [0.4, 0.5) is 0 Å². The van der Waals surface area contributed by atoms with Crippen molar-refractivity contribution in [2.45, 2.75) is 33.2 Å². The summed E-state index contributed by atoms with van der Waals surface area (Å²) in [5.74, 6) is 0. The van der Waals surface area contributed by atoms with Crippen molar-refractivity contribution in [2.24, 2.45) is 0 Å². The molecule has 0 aliphatic rings. The van der Waals surface area contributed by atoms with E-state index in [1.807, 2.05) is 18.6 Å². The van der Waals surface area contributed by atoms with Crippen molar-refractivity contribution in [3.63, 3.8) is 0 Å². The SMILES string of the molecule is CCCCn1cnc2ccc(-c3cccnc3-c3cccc(C)c3)cc21. The van der Waals surface area contributed by atoms with E-state index in [9.17, 15) is 0 Å². The van der Waals surface area contributed by atoms with Gasteiger partial charge >= 0.3 is 0 Å². The molecule has 0 saturated carbocycles. The van der Waals surface area contributed by atoms with Crippen molar-refractivity contribution in [3.8, 4) is 22.4 Å². The summed E-state index contributed by atoms with van der Waals surface area (Å²) in [4.78, 5) is 9.23. The molecular formula is C23H23N3. The van der Waals surface area contributed by atoms with Gasteiger partial charge in [0.25, 0.3) is 0 Å². The minimum atomic E-state index is 1.01. The first kappa shape index (κ1) is 16.5. The predicted octanol–water partition coefficient (Wildman–Crippen LogP) is 5.87. The maximum atomic E-state index is 4.68. The molecule has 2 aromatic carbocycles. The molecule has 0 N–H and O–H groups in total. The predicted molar refractivity (Wildman–Crippen MR) is 108 cm³/mol. The summed E-state index contributed by atoms with van der Waals surface area (Å²) >= 11 is 0. The van der Waals surface area contributed by atoms with Crippen LogP contribution in [0.15, 0.2) is 67.1 Å². The number of fused-ring (bicyclic) bond motifs is 1. The average molecular weight is 341 g/mol. The maximum absolute atomic E-state index is 4.68. The van der Waals surface area contributed by atoms with Gasteiger partial charge in [0, 0.05) is 23.9 Å². The number of rotatable bonds is 5. The molecular weight excluding hydrogens is 318 g/mol. The summed E-state index contributed by atoms with van der Waals surface area (Å²) in [5, 5.41) is 0. The van der Waals surface area contributed by atoms with Crippen molar-refractivity contribution in [2.75, 3.05) is 0 Å². The van der Waals surface area contributed by atoms with Gasteiger partial charge in [-0.15, -0.1) is 0 Å². The summed E-state index contributed by atoms with van der Waals surface area (Å²) in [6.07, 6.45) is 6.16. The Morgan fingerprint density at radius 2 is 1.85 bits per heavy atom. The van der Waals surface area contributed by atoms with Crippen LogP contribution in [0, 0.1) is 6.92 Å². The number of unbranched alkanes of at least 4 members (excludes halogenated alkanes) is 1. The molecule has 4 aromatic rings. The summed E-state index contributed by atoms with van der Waals surface area (Å²) in [6, 6.07) is 19.2. The molecule has 0 amide bonds. The monoisotopic (exact) mass is 341 g/mol. The molecule has 26 heavy (non-hydrogen) atoms. The number of aryl methyl sites for hydroxylation is 2. The smallest absolute Gasteiger partial charge is 0.0958 e. The number of imidazole rings is 1. The summed E-state index contributed by atoms with van der Waals surface area (Å²) < 4.78 is 2.26. The lowest BCUT2D eigenvalue weighted by atomic mass is 9.98. The van der Waals surface area contributed by atoms with Crippen molar-refractivity contribution in [3.05, 3.63) is 72.7 Å². The van der Waals surface area contributed by atoms with Gasteiger partial charge in [0.15, 0.2) is 0 Å². The van der Waals surface area contributed by atoms with E-state index in [1.165, 1.54) is 23.1 Å². The third-order valence-electron chi connectivity index (χ3n) is 4.78. The maximum Gasteiger partial charge on any atom is 0.0958 e. The van der Waals surface area contributed by atoms with Gasteiger partial charge in [-0.25, -0.2) is 4.98 Å². The lowest BCUT2D eigenvalue weighted by Crippen LogP contribution is -1.95. The lowest BCUT2D eigenvalue weighted by molar-refractivity contribution is 0.646. The molecule has 4 rings (SSSR count). The normalized spacial score (nSPS) is 11.2. The first-order valence-electron chi connectivity index (χ1n) is 9.23. The first-order valence-corrected chi connectivity index (χ1v) is 9.23. The number of pyridine rings is 1. The number of hydrogen-bond donors (Lipinski definition) is 0. The van der Waals surface area contributed by atoms with E-state index < -0.39 is 0 Å². The minimum Gasteiger partial charge on any atom is -0.331 e. The fourth-order valence-electron chi connectivity index (χ4n) is 3.39. The van der Waals surface area contributed by atoms with E-state index in [4.69, 9.17) is 0 Å². The highest BCUT2D eigenvalue weighted by Gasteiger charge is 2.11. The summed E-state index contributed by atoms with van der Waals surface area (Å²) in [6.45, 7) is 5.34. The van der Waals surface area contributed by atoms with E-state index in [0.717, 1.165) is 35.3 Å². The third-order valence-corrected chi connectivity index (χ3v) is 4.78. The molecule has 0 spiro atoms. The summed E-state index contributed by atoms with van der Waals surface area (Å²) in [5.41, 5.74) is 7.99. The van der Waals surface area contributed by atoms with E-state index in [-0.39, 0.29) is 0 Å². The molecule has 0 atom stereocenters. The van der Waals surface area contributed by atoms with Crippen LogP contribution in [0.5, 0.6) is 0 Å². The molecule has 2 aromatic heterocycles. The fourth-order valence-corrected chi connectivity index (χ4v) is 3.39. The molecule has 3 nitrogen and oxygen atoms in total. The van der Waals surface area contributed by atoms with Crippen LogP contribution in [0.25, 0.3) is 33.4 Å². The van der Waals surface area contributed by atoms with E-state index in [0.29, 0.717) is 0 Å². The van der Waals surface area contributed by atoms with Crippen LogP contribution in [-0.2, 0) is 6.54 Å². The van der Waals surface area contributed by atoms with Crippen molar-refractivity contribution >= 4 is 11.0 Å². The highest BCUT2D eigenvalue weighted by molar-refractivity contribution is 5.87. The van der Waals surface area contributed by atoms with Crippen molar-refractivity contribution < 1.29 is 0 Å². The van der Waals surface area contributed by atoms with E-state index in [2.05, 4.69) is 76.9 Å². The Labute approximate surface area is 154 Å². The van der Waals surface area contributed by atoms with Crippen LogP contribution >= 0.6 is 0 Å². The Morgan fingerprint density at radius 1 is 0.923 bits per heavy atom. The Balaban J connectivity index is 1.83. The van der Waals surface area contributed by atoms with Gasteiger partial charge in [-0.2, -0.15) is 0 Å². The average Bonchev–Trinajstić information content (AvgIpc) is 3.08. The van der Waals surface area contributed by atoms with E-state index >= 15 is 0 Å². The number of benzene rings is 2. The first-order chi connectivity index (χ1) is 12.8. The fraction of sp³-hybridized carbons (Fsp3) is 0.217. The number of hydrogen-bond acceptors (Lipinski definition) is 2. The molecule has 2 heterocycles. The third kappa shape index (κ3) is 3.13. The largest absolute Gasteiger partial charge is 0.331 e. The van der Waals surface area contributed by atoms with Gasteiger partial charge in [-0.05, 0) is 43.2 Å². The van der Waals surface area contributed by atoms with Crippen molar-refractivity contribution in [1.29, 1.82) is 0 Å². The molecule has 0 unspecified atom stereocenters. The second-order valence-corrected chi connectivity index (χ2v) is 6.76. The van der Waals surface area contributed by atoms with Gasteiger partial charge in [0.2, 0.25) is 0 Å². The second-order valence-electron chi connectivity index (χ2n) is 6.76. The highest BCUT2D eigenvalue weighted by atomic mass is 15.0. The molecule has 0 aliphatic heterocycles. The van der Waals surface area contributed by atoms with Crippen LogP contribution in [0.3, 0.4) is 0 Å². The van der Waals surface area contributed by atoms with Gasteiger partial charge in [0.05, 0.1) is 23.1 Å². The number of nitrogens with zero attached hydrogens (tertiary/aromatic N) is 3. The quantitative estimate of drug-likeness (QED) is 0.454. The second kappa shape index (κ2) is 7.12. The Kier molecular flexibility index (Phi) is 4.53. The molecule has 0 saturated heterocycles. The minimum absolute atomic E-state index is 1.01. The highest BCUT2D eigenvalue weighted by Crippen LogP contribution is 2.32. The van der Waals surface area contributed by atoms with E-state index in [1.54, 1.807) is 0 Å². The lowest BCUT2D eigenvalue weighted by Gasteiger charge is -2.10. The van der Waals surface area contributed by atoms with Crippen LogP contribution in [0.2, 0.25) is 0 Å². The summed E-state index contributed by atoms with van der Waals surface area (Å²) in [7, 11) is 0. The molecule has 0 bridgehead atoms. The Bertz CT molecular complexity index is 1050. The topological polar surface area (TPSA) is 30.7 Å². The number of aromatic nitrogens is 3. The molecule has 130 valence electrons. The Hall–Kier alpha value is -2.94. The van der Waals surface area contributed by atoms with Crippen LogP contribution in [-0.4, -0.2) is 14.5 Å². The van der Waals surface area contributed by atoms with Gasteiger partial charge in [0.1, 0.15) is 0 Å². The molecule has 0 fully saturated rings. The van der Waals surface area contributed by atoms with Crippen LogP contribution in [0.1, 0.15) is 25.3 Å². The Morgan fingerprint density at radius 3 is 2.69 bits per heavy atom. The van der Waals surface area contributed by atoms with Crippen LogP contribution < -0.4 is 0 Å². The standard InChI is InChI=1S/C23H23N3/c1-3-4-13-26-16-25-21-11-10-18(15-22(21)26)20-9-6-12-24-23(20)19-8-5-7-17(2)14-19/h5-12,14-16H,3-4,13H2,1-2H3. The molecule has 0 radical (unpaired) electrons. The molecule has 0 aliphatic carbocycles. The van der Waals surface area contributed by atoms with Gasteiger partial charge < -0.3 is 4.57 Å². The van der Waals surface area contributed by atoms with Gasteiger partial charge in [-0.1, -0.05) is 49.2 Å².